The third-order valence-electron chi connectivity index (χ3n) is 2.86. The first-order valence-electron chi connectivity index (χ1n) is 4.62. The Morgan fingerprint density at radius 3 is 2.69 bits per heavy atom. The number of benzene rings is 2. The minimum absolute atomic E-state index is 0.209. The van der Waals surface area contributed by atoms with Gasteiger partial charge in [-0.2, -0.15) is 0 Å². The predicted molar refractivity (Wildman–Crippen MR) is 54.6 cm³/mol. The van der Waals surface area contributed by atoms with E-state index in [2.05, 4.69) is 36.4 Å². The minimum atomic E-state index is 0.209. The van der Waals surface area contributed by atoms with Crippen molar-refractivity contribution in [1.29, 1.82) is 0 Å². The van der Waals surface area contributed by atoms with E-state index < -0.39 is 0 Å². The molecule has 0 heterocycles. The van der Waals surface area contributed by atoms with Crippen LogP contribution in [0, 0.1) is 0 Å². The molecule has 0 amide bonds. The summed E-state index contributed by atoms with van der Waals surface area (Å²) in [7, 11) is 0. The van der Waals surface area contributed by atoms with Gasteiger partial charge in [-0.25, -0.2) is 0 Å². The summed E-state index contributed by atoms with van der Waals surface area (Å²) in [6.45, 7) is 0. The van der Waals surface area contributed by atoms with Gasteiger partial charge in [0.15, 0.2) is 0 Å². The molecule has 0 aliphatic heterocycles. The van der Waals surface area contributed by atoms with Crippen LogP contribution in [0.2, 0.25) is 0 Å². The summed E-state index contributed by atoms with van der Waals surface area (Å²) < 4.78 is 0. The lowest BCUT2D eigenvalue weighted by atomic mass is 10.1. The van der Waals surface area contributed by atoms with Crippen molar-refractivity contribution in [2.24, 2.45) is 5.73 Å². The molecule has 0 fully saturated rings. The zero-order chi connectivity index (χ0) is 8.84. The van der Waals surface area contributed by atoms with Gasteiger partial charge in [-0.1, -0.05) is 36.4 Å². The van der Waals surface area contributed by atoms with Crippen molar-refractivity contribution in [3.8, 4) is 0 Å². The summed E-state index contributed by atoms with van der Waals surface area (Å²) in [5.41, 5.74) is 8.76. The predicted octanol–water partition coefficient (Wildman–Crippen LogP) is 2.40. The third kappa shape index (κ3) is 0.850. The highest BCUT2D eigenvalue weighted by Gasteiger charge is 2.19. The third-order valence-corrected chi connectivity index (χ3v) is 2.86. The highest BCUT2D eigenvalue weighted by Crippen LogP contribution is 2.35. The van der Waals surface area contributed by atoms with Gasteiger partial charge in [0, 0.05) is 6.04 Å². The average Bonchev–Trinajstić information content (AvgIpc) is 2.47. The molecular formula is C12H11N. The van der Waals surface area contributed by atoms with Crippen molar-refractivity contribution in [3.63, 3.8) is 0 Å². The second-order valence-electron chi connectivity index (χ2n) is 3.67. The molecule has 1 aliphatic rings. The number of hydrogen-bond donors (Lipinski definition) is 1. The van der Waals surface area contributed by atoms with E-state index in [1.807, 2.05) is 0 Å². The molecule has 2 aromatic carbocycles. The van der Waals surface area contributed by atoms with Gasteiger partial charge in [0.05, 0.1) is 0 Å². The SMILES string of the molecule is NC1Cc2cccc3cccc1c23. The van der Waals surface area contributed by atoms with Crippen LogP contribution in [0.15, 0.2) is 36.4 Å². The van der Waals surface area contributed by atoms with Crippen molar-refractivity contribution in [3.05, 3.63) is 47.5 Å². The van der Waals surface area contributed by atoms with E-state index >= 15 is 0 Å². The largest absolute Gasteiger partial charge is 0.324 e. The van der Waals surface area contributed by atoms with E-state index in [1.165, 1.54) is 21.9 Å². The number of rotatable bonds is 0. The zero-order valence-electron chi connectivity index (χ0n) is 7.33. The smallest absolute Gasteiger partial charge is 0.0342 e. The van der Waals surface area contributed by atoms with Crippen LogP contribution in [-0.2, 0) is 6.42 Å². The molecule has 64 valence electrons. The summed E-state index contributed by atoms with van der Waals surface area (Å²) in [6.07, 6.45) is 0.997. The van der Waals surface area contributed by atoms with Crippen molar-refractivity contribution >= 4 is 10.8 Å². The van der Waals surface area contributed by atoms with Gasteiger partial charge in [0.1, 0.15) is 0 Å². The second kappa shape index (κ2) is 2.33. The van der Waals surface area contributed by atoms with Crippen molar-refractivity contribution < 1.29 is 0 Å². The fourth-order valence-corrected chi connectivity index (χ4v) is 2.28. The Labute approximate surface area is 77.2 Å². The maximum Gasteiger partial charge on any atom is 0.0342 e. The molecule has 0 spiro atoms. The first-order valence-corrected chi connectivity index (χ1v) is 4.62. The van der Waals surface area contributed by atoms with Gasteiger partial charge in [0.2, 0.25) is 0 Å². The van der Waals surface area contributed by atoms with Crippen molar-refractivity contribution in [1.82, 2.24) is 0 Å². The van der Waals surface area contributed by atoms with Crippen LogP contribution in [0.5, 0.6) is 0 Å². The molecule has 0 saturated heterocycles. The number of hydrogen-bond acceptors (Lipinski definition) is 1. The molecule has 1 nitrogen and oxygen atoms in total. The van der Waals surface area contributed by atoms with Crippen LogP contribution in [-0.4, -0.2) is 0 Å². The molecule has 1 unspecified atom stereocenters. The Morgan fingerprint density at radius 2 is 1.85 bits per heavy atom. The first-order chi connectivity index (χ1) is 6.36. The first kappa shape index (κ1) is 7.10. The van der Waals surface area contributed by atoms with Gasteiger partial charge in [-0.3, -0.25) is 0 Å². The highest BCUT2D eigenvalue weighted by molar-refractivity contribution is 5.91. The number of nitrogens with two attached hydrogens (primary N) is 1. The Hall–Kier alpha value is -1.34. The molecule has 0 bridgehead atoms. The van der Waals surface area contributed by atoms with Gasteiger partial charge >= 0.3 is 0 Å². The van der Waals surface area contributed by atoms with Crippen LogP contribution < -0.4 is 5.73 Å². The quantitative estimate of drug-likeness (QED) is 0.643. The van der Waals surface area contributed by atoms with Gasteiger partial charge in [-0.15, -0.1) is 0 Å². The summed E-state index contributed by atoms with van der Waals surface area (Å²) in [5, 5.41) is 2.71. The van der Waals surface area contributed by atoms with Crippen LogP contribution in [0.3, 0.4) is 0 Å². The summed E-state index contributed by atoms with van der Waals surface area (Å²) >= 11 is 0. The summed E-state index contributed by atoms with van der Waals surface area (Å²) in [4.78, 5) is 0. The molecule has 2 N–H and O–H groups in total. The van der Waals surface area contributed by atoms with Crippen LogP contribution in [0.4, 0.5) is 0 Å². The Morgan fingerprint density at radius 1 is 1.08 bits per heavy atom. The van der Waals surface area contributed by atoms with E-state index in [0.717, 1.165) is 6.42 Å². The average molecular weight is 169 g/mol. The van der Waals surface area contributed by atoms with Gasteiger partial charge < -0.3 is 5.73 Å². The molecule has 1 aliphatic carbocycles. The molecule has 0 saturated carbocycles. The van der Waals surface area contributed by atoms with Gasteiger partial charge in [0.25, 0.3) is 0 Å². The van der Waals surface area contributed by atoms with E-state index in [-0.39, 0.29) is 6.04 Å². The lowest BCUT2D eigenvalue weighted by molar-refractivity contribution is 0.757. The standard InChI is InChI=1S/C12H11N/c13-11-7-9-5-1-3-8-4-2-6-10(11)12(8)9/h1-6,11H,7,13H2. The Kier molecular flexibility index (Phi) is 1.27. The minimum Gasteiger partial charge on any atom is -0.324 e. The van der Waals surface area contributed by atoms with Crippen LogP contribution >= 0.6 is 0 Å². The lowest BCUT2D eigenvalue weighted by Gasteiger charge is -2.02. The molecule has 1 heteroatoms. The van der Waals surface area contributed by atoms with Crippen LogP contribution in [0.25, 0.3) is 10.8 Å². The fourth-order valence-electron chi connectivity index (χ4n) is 2.28. The zero-order valence-corrected chi connectivity index (χ0v) is 7.33. The topological polar surface area (TPSA) is 26.0 Å². The Balaban J connectivity index is 2.51. The highest BCUT2D eigenvalue weighted by atomic mass is 14.6. The van der Waals surface area contributed by atoms with E-state index in [0.29, 0.717) is 0 Å². The normalized spacial score (nSPS) is 19.6. The Bertz CT molecular complexity index is 468. The van der Waals surface area contributed by atoms with Gasteiger partial charge in [-0.05, 0) is 28.3 Å². The van der Waals surface area contributed by atoms with Crippen LogP contribution in [0.1, 0.15) is 17.2 Å². The van der Waals surface area contributed by atoms with E-state index in [9.17, 15) is 0 Å². The van der Waals surface area contributed by atoms with Crippen molar-refractivity contribution in [2.45, 2.75) is 12.5 Å². The lowest BCUT2D eigenvalue weighted by Crippen LogP contribution is -2.07. The molecule has 2 aromatic rings. The maximum atomic E-state index is 6.04. The maximum absolute atomic E-state index is 6.04. The summed E-state index contributed by atoms with van der Waals surface area (Å²) in [5.74, 6) is 0. The molecular weight excluding hydrogens is 158 g/mol. The van der Waals surface area contributed by atoms with E-state index in [4.69, 9.17) is 5.73 Å². The molecule has 1 atom stereocenters. The second-order valence-corrected chi connectivity index (χ2v) is 3.67. The van der Waals surface area contributed by atoms with Crippen molar-refractivity contribution in [2.75, 3.05) is 0 Å². The summed E-state index contributed by atoms with van der Waals surface area (Å²) in [6, 6.07) is 13.0. The molecule has 0 aromatic heterocycles. The van der Waals surface area contributed by atoms with E-state index in [1.54, 1.807) is 0 Å². The monoisotopic (exact) mass is 169 g/mol. The fraction of sp³-hybridized carbons (Fsp3) is 0.167. The molecule has 13 heavy (non-hydrogen) atoms. The molecule has 3 rings (SSSR count). The molecule has 0 radical (unpaired) electrons.